The second-order valence-electron chi connectivity index (χ2n) is 15.7. The third-order valence-corrected chi connectivity index (χ3v) is 12.1. The van der Waals surface area contributed by atoms with Gasteiger partial charge < -0.3 is 13.7 Å². The molecule has 0 unspecified atom stereocenters. The zero-order valence-electron chi connectivity index (χ0n) is 33.1. The molecule has 0 saturated heterocycles. The molecule has 0 aliphatic rings. The second kappa shape index (κ2) is 14.3. The van der Waals surface area contributed by atoms with Crippen LogP contribution in [0, 0.1) is 0 Å². The highest BCUT2D eigenvalue weighted by Gasteiger charge is 2.18. The summed E-state index contributed by atoms with van der Waals surface area (Å²) in [6.45, 7) is 0. The van der Waals surface area contributed by atoms with E-state index < -0.39 is 0 Å². The molecule has 61 heavy (non-hydrogen) atoms. The lowest BCUT2D eigenvalue weighted by Gasteiger charge is -2.26. The van der Waals surface area contributed by atoms with Crippen LogP contribution in [0.4, 0.5) is 17.1 Å². The lowest BCUT2D eigenvalue weighted by molar-refractivity contribution is 0.668. The van der Waals surface area contributed by atoms with Gasteiger partial charge in [-0.15, -0.1) is 0 Å². The molecule has 0 bridgehead atoms. The molecule has 12 aromatic rings. The molecule has 2 heterocycles. The van der Waals surface area contributed by atoms with Crippen LogP contribution in [0.1, 0.15) is 0 Å². The second-order valence-corrected chi connectivity index (χ2v) is 15.7. The average Bonchev–Trinajstić information content (AvgIpc) is 3.90. The molecule has 3 heteroatoms. The van der Waals surface area contributed by atoms with Crippen LogP contribution in [0.3, 0.4) is 0 Å². The quantitative estimate of drug-likeness (QED) is 0.161. The zero-order chi connectivity index (χ0) is 40.3. The summed E-state index contributed by atoms with van der Waals surface area (Å²) in [5.41, 5.74) is 16.1. The van der Waals surface area contributed by atoms with Crippen molar-refractivity contribution in [1.29, 1.82) is 0 Å². The average molecular weight is 780 g/mol. The number of para-hydroxylation sites is 2. The minimum absolute atomic E-state index is 0.874. The Kier molecular flexibility index (Phi) is 8.17. The molecular formula is C58H37NO2. The standard InChI is InChI=1S/C58H37NO2/c1-2-11-41-35-46(23-22-38(41)10-1)45-15-8-14-44(36-45)43-13-7-12-42(34-43)39-24-28-47(29-25-39)59(49-32-33-56-53(37-49)51-16-3-5-19-54(51)60-56)48-30-26-40(27-31-48)50-18-9-21-57-58(50)52-17-4-6-20-55(52)61-57/h1-37H. The summed E-state index contributed by atoms with van der Waals surface area (Å²) in [5.74, 6) is 0. The molecule has 0 radical (unpaired) electrons. The largest absolute Gasteiger partial charge is 0.456 e. The monoisotopic (exact) mass is 779 g/mol. The minimum Gasteiger partial charge on any atom is -0.456 e. The van der Waals surface area contributed by atoms with Crippen molar-refractivity contribution in [1.82, 2.24) is 0 Å². The predicted octanol–water partition coefficient (Wildman–Crippen LogP) is 16.8. The van der Waals surface area contributed by atoms with Gasteiger partial charge in [-0.2, -0.15) is 0 Å². The number of furan rings is 2. The molecule has 0 amide bonds. The van der Waals surface area contributed by atoms with Crippen LogP contribution in [0.15, 0.2) is 233 Å². The van der Waals surface area contributed by atoms with E-state index in [4.69, 9.17) is 8.83 Å². The molecule has 0 N–H and O–H groups in total. The molecule has 286 valence electrons. The smallest absolute Gasteiger partial charge is 0.136 e. The molecule has 3 nitrogen and oxygen atoms in total. The molecule has 0 spiro atoms. The maximum Gasteiger partial charge on any atom is 0.136 e. The number of hydrogen-bond donors (Lipinski definition) is 0. The van der Waals surface area contributed by atoms with Gasteiger partial charge in [-0.1, -0.05) is 146 Å². The number of fused-ring (bicyclic) bond motifs is 7. The lowest BCUT2D eigenvalue weighted by Crippen LogP contribution is -2.09. The first kappa shape index (κ1) is 34.9. The number of hydrogen-bond acceptors (Lipinski definition) is 3. The molecule has 0 atom stereocenters. The van der Waals surface area contributed by atoms with Gasteiger partial charge in [-0.05, 0) is 134 Å². The van der Waals surface area contributed by atoms with Crippen molar-refractivity contribution in [2.45, 2.75) is 0 Å². The summed E-state index contributed by atoms with van der Waals surface area (Å²) in [6, 6.07) is 80.1. The third-order valence-electron chi connectivity index (χ3n) is 12.1. The highest BCUT2D eigenvalue weighted by Crippen LogP contribution is 2.42. The van der Waals surface area contributed by atoms with E-state index in [9.17, 15) is 0 Å². The first-order valence-electron chi connectivity index (χ1n) is 20.7. The molecular weight excluding hydrogens is 743 g/mol. The summed E-state index contributed by atoms with van der Waals surface area (Å²) >= 11 is 0. The normalized spacial score (nSPS) is 11.6. The van der Waals surface area contributed by atoms with Gasteiger partial charge in [0.25, 0.3) is 0 Å². The highest BCUT2D eigenvalue weighted by atomic mass is 16.3. The molecule has 10 aromatic carbocycles. The lowest BCUT2D eigenvalue weighted by atomic mass is 9.95. The van der Waals surface area contributed by atoms with E-state index in [1.807, 2.05) is 24.3 Å². The van der Waals surface area contributed by atoms with Gasteiger partial charge in [0.05, 0.1) is 0 Å². The highest BCUT2D eigenvalue weighted by molar-refractivity contribution is 6.12. The topological polar surface area (TPSA) is 29.5 Å². The van der Waals surface area contributed by atoms with E-state index in [1.54, 1.807) is 0 Å². The number of nitrogens with zero attached hydrogens (tertiary/aromatic N) is 1. The van der Waals surface area contributed by atoms with Gasteiger partial charge in [0, 0.05) is 38.6 Å². The Morgan fingerprint density at radius 1 is 0.262 bits per heavy atom. The van der Waals surface area contributed by atoms with Gasteiger partial charge in [0.1, 0.15) is 22.3 Å². The molecule has 12 rings (SSSR count). The maximum atomic E-state index is 6.25. The third kappa shape index (κ3) is 6.14. The fourth-order valence-electron chi connectivity index (χ4n) is 9.03. The summed E-state index contributed by atoms with van der Waals surface area (Å²) < 4.78 is 12.5. The number of anilines is 3. The van der Waals surface area contributed by atoms with E-state index in [0.29, 0.717) is 0 Å². The van der Waals surface area contributed by atoms with E-state index in [0.717, 1.165) is 77.6 Å². The predicted molar refractivity (Wildman–Crippen MR) is 255 cm³/mol. The van der Waals surface area contributed by atoms with E-state index in [2.05, 4.69) is 205 Å². The summed E-state index contributed by atoms with van der Waals surface area (Å²) in [4.78, 5) is 2.33. The first-order chi connectivity index (χ1) is 30.2. The van der Waals surface area contributed by atoms with Crippen LogP contribution in [-0.4, -0.2) is 0 Å². The SMILES string of the molecule is c1cc(-c2ccc(N(c3ccc(-c4cccc5oc6ccccc6c45)cc3)c3ccc4oc5ccccc5c4c3)cc2)cc(-c2cccc(-c3ccc4ccccc4c3)c2)c1. The Labute approximate surface area is 353 Å². The van der Waals surface area contributed by atoms with E-state index >= 15 is 0 Å². The number of rotatable bonds is 7. The van der Waals surface area contributed by atoms with Crippen molar-refractivity contribution in [2.24, 2.45) is 0 Å². The Morgan fingerprint density at radius 2 is 0.754 bits per heavy atom. The van der Waals surface area contributed by atoms with Crippen molar-refractivity contribution in [3.63, 3.8) is 0 Å². The van der Waals surface area contributed by atoms with Crippen molar-refractivity contribution in [3.8, 4) is 44.5 Å². The zero-order valence-corrected chi connectivity index (χ0v) is 33.1. The van der Waals surface area contributed by atoms with Crippen LogP contribution in [0.2, 0.25) is 0 Å². The summed E-state index contributed by atoms with van der Waals surface area (Å²) in [5, 5.41) is 6.96. The fourth-order valence-corrected chi connectivity index (χ4v) is 9.03. The minimum atomic E-state index is 0.874. The van der Waals surface area contributed by atoms with Crippen molar-refractivity contribution in [2.75, 3.05) is 4.90 Å². The summed E-state index contributed by atoms with van der Waals surface area (Å²) in [6.07, 6.45) is 0. The molecule has 2 aromatic heterocycles. The summed E-state index contributed by atoms with van der Waals surface area (Å²) in [7, 11) is 0. The first-order valence-corrected chi connectivity index (χ1v) is 20.7. The number of benzene rings is 10. The molecule has 0 aliphatic heterocycles. The van der Waals surface area contributed by atoms with E-state index in [1.165, 1.54) is 38.6 Å². The Balaban J connectivity index is 0.912. The van der Waals surface area contributed by atoms with Gasteiger partial charge >= 0.3 is 0 Å². The Hall–Kier alpha value is -8.14. The van der Waals surface area contributed by atoms with Crippen molar-refractivity contribution < 1.29 is 8.83 Å². The molecule has 0 saturated carbocycles. The van der Waals surface area contributed by atoms with Crippen LogP contribution >= 0.6 is 0 Å². The van der Waals surface area contributed by atoms with E-state index in [-0.39, 0.29) is 0 Å². The van der Waals surface area contributed by atoms with Gasteiger partial charge in [-0.25, -0.2) is 0 Å². The van der Waals surface area contributed by atoms with Gasteiger partial charge in [-0.3, -0.25) is 0 Å². The molecule has 0 fully saturated rings. The van der Waals surface area contributed by atoms with Gasteiger partial charge in [0.15, 0.2) is 0 Å². The van der Waals surface area contributed by atoms with Gasteiger partial charge in [0.2, 0.25) is 0 Å². The maximum absolute atomic E-state index is 6.25. The van der Waals surface area contributed by atoms with Crippen LogP contribution in [0.5, 0.6) is 0 Å². The molecule has 0 aliphatic carbocycles. The van der Waals surface area contributed by atoms with Crippen LogP contribution in [-0.2, 0) is 0 Å². The Bertz CT molecular complexity index is 3590. The van der Waals surface area contributed by atoms with Crippen LogP contribution in [0.25, 0.3) is 99.2 Å². The van der Waals surface area contributed by atoms with Crippen molar-refractivity contribution in [3.05, 3.63) is 224 Å². The van der Waals surface area contributed by atoms with Crippen LogP contribution < -0.4 is 4.90 Å². The Morgan fingerprint density at radius 3 is 1.48 bits per heavy atom. The fraction of sp³-hybridized carbons (Fsp3) is 0. The van der Waals surface area contributed by atoms with Crippen molar-refractivity contribution >= 4 is 71.7 Å².